The maximum atomic E-state index is 12.8. The number of ether oxygens (including phenoxy) is 2. The van der Waals surface area contributed by atoms with Crippen molar-refractivity contribution in [2.75, 3.05) is 24.7 Å². The zero-order valence-corrected chi connectivity index (χ0v) is 21.2. The van der Waals surface area contributed by atoms with E-state index < -0.39 is 57.9 Å². The van der Waals surface area contributed by atoms with Crippen LogP contribution in [-0.4, -0.2) is 86.8 Å². The molecular weight excluding hydrogens is 537 g/mol. The van der Waals surface area contributed by atoms with Crippen LogP contribution in [0.15, 0.2) is 31.2 Å². The van der Waals surface area contributed by atoms with Gasteiger partial charge in [-0.05, 0) is 6.07 Å². The average Bonchev–Trinajstić information content (AvgIpc) is 3.68. The van der Waals surface area contributed by atoms with E-state index >= 15 is 0 Å². The molecule has 0 spiro atoms. The van der Waals surface area contributed by atoms with Crippen molar-refractivity contribution in [2.45, 2.75) is 49.7 Å². The number of rotatable bonds is 8. The Balaban J connectivity index is 1.09. The van der Waals surface area contributed by atoms with E-state index in [1.165, 1.54) is 19.0 Å². The third kappa shape index (κ3) is 4.83. The molecule has 6 rings (SSSR count). The monoisotopic (exact) mass is 563 g/mol. The van der Waals surface area contributed by atoms with Gasteiger partial charge in [0.05, 0.1) is 31.0 Å². The molecule has 39 heavy (non-hydrogen) atoms. The number of aliphatic hydroxyl groups excluding tert-OH is 2. The predicted molar refractivity (Wildman–Crippen MR) is 132 cm³/mol. The number of hydrogen-bond donors (Lipinski definition) is 5. The van der Waals surface area contributed by atoms with Crippen molar-refractivity contribution < 1.29 is 38.2 Å². The topological polar surface area (TPSA) is 241 Å². The number of nitrogens with two attached hydrogens (primary N) is 2. The lowest BCUT2D eigenvalue weighted by Crippen LogP contribution is -2.29. The molecule has 7 atom stereocenters. The predicted octanol–water partition coefficient (Wildman–Crippen LogP) is -0.134. The molecule has 4 aromatic rings. The van der Waals surface area contributed by atoms with Crippen molar-refractivity contribution in [3.05, 3.63) is 31.2 Å². The molecular formula is C21H26N9O8P. The van der Waals surface area contributed by atoms with Crippen LogP contribution < -0.4 is 11.5 Å². The van der Waals surface area contributed by atoms with Crippen LogP contribution in [0, 0.1) is 0 Å². The third-order valence-electron chi connectivity index (χ3n) is 6.78. The van der Waals surface area contributed by atoms with E-state index in [9.17, 15) is 19.7 Å². The van der Waals surface area contributed by atoms with Gasteiger partial charge in [0.2, 0.25) is 0 Å². The molecule has 6 heterocycles. The highest BCUT2D eigenvalue weighted by molar-refractivity contribution is 7.47. The molecule has 0 radical (unpaired) electrons. The fourth-order valence-electron chi connectivity index (χ4n) is 4.85. The molecule has 2 fully saturated rings. The van der Waals surface area contributed by atoms with Crippen molar-refractivity contribution in [1.29, 1.82) is 0 Å². The molecule has 0 amide bonds. The Bertz CT molecular complexity index is 1550. The lowest BCUT2D eigenvalue weighted by atomic mass is 10.2. The van der Waals surface area contributed by atoms with Crippen LogP contribution in [0.3, 0.4) is 0 Å². The van der Waals surface area contributed by atoms with Crippen molar-refractivity contribution in [3.8, 4) is 0 Å². The molecule has 2 aliphatic heterocycles. The number of phosphoric acid groups is 1. The van der Waals surface area contributed by atoms with E-state index in [-0.39, 0.29) is 18.7 Å². The van der Waals surface area contributed by atoms with Gasteiger partial charge in [-0.1, -0.05) is 0 Å². The highest BCUT2D eigenvalue weighted by atomic mass is 31.2. The van der Waals surface area contributed by atoms with Crippen LogP contribution in [0.1, 0.15) is 25.3 Å². The number of fused-ring (bicyclic) bond motifs is 2. The highest BCUT2D eigenvalue weighted by Crippen LogP contribution is 2.49. The van der Waals surface area contributed by atoms with Gasteiger partial charge >= 0.3 is 7.82 Å². The second kappa shape index (κ2) is 10.0. The fourth-order valence-corrected chi connectivity index (χ4v) is 5.82. The summed E-state index contributed by atoms with van der Waals surface area (Å²) in [5, 5.41) is 20.9. The standard InChI is InChI=1S/C21H26N9O8P/c22-18-10-1-2-29(20(10)26-7-24-18)16-4-12(13(5-31)36-16)38-39(33,34)35-6-14-11(32)3-15(37-14)30-9-28-17-19(23)25-8-27-21(17)30/h1-2,7-9,11-16,31-32H,3-6H2,(H,33,34)(H2,22,24,26)(H2,23,25,27)/t11-,12-,13-,14-,15-,16-/m1/s1. The number of anilines is 2. The highest BCUT2D eigenvalue weighted by Gasteiger charge is 2.43. The maximum absolute atomic E-state index is 12.8. The first kappa shape index (κ1) is 26.0. The van der Waals surface area contributed by atoms with Crippen LogP contribution in [0.25, 0.3) is 22.2 Å². The number of imidazole rings is 1. The maximum Gasteiger partial charge on any atom is 0.472 e. The Kier molecular flexibility index (Phi) is 6.68. The second-order valence-corrected chi connectivity index (χ2v) is 10.6. The first-order valence-electron chi connectivity index (χ1n) is 12.0. The van der Waals surface area contributed by atoms with Crippen LogP contribution in [0.2, 0.25) is 0 Å². The van der Waals surface area contributed by atoms with Crippen LogP contribution in [-0.2, 0) is 23.1 Å². The van der Waals surface area contributed by atoms with Gasteiger partial charge in [-0.15, -0.1) is 0 Å². The minimum Gasteiger partial charge on any atom is -0.394 e. The van der Waals surface area contributed by atoms with Gasteiger partial charge in [0, 0.05) is 19.0 Å². The van der Waals surface area contributed by atoms with E-state index in [2.05, 4.69) is 24.9 Å². The van der Waals surface area contributed by atoms with E-state index in [1.807, 2.05) is 0 Å². The largest absolute Gasteiger partial charge is 0.472 e. The number of nitrogen functional groups attached to an aromatic ring is 2. The van der Waals surface area contributed by atoms with Crippen molar-refractivity contribution >= 4 is 41.7 Å². The Morgan fingerprint density at radius 2 is 1.72 bits per heavy atom. The molecule has 7 N–H and O–H groups in total. The zero-order valence-electron chi connectivity index (χ0n) is 20.3. The summed E-state index contributed by atoms with van der Waals surface area (Å²) in [6.45, 7) is -0.898. The van der Waals surface area contributed by atoms with E-state index in [4.69, 9.17) is 30.0 Å². The molecule has 17 nitrogen and oxygen atoms in total. The third-order valence-corrected chi connectivity index (χ3v) is 7.80. The van der Waals surface area contributed by atoms with Gasteiger partial charge in [0.15, 0.2) is 11.5 Å². The average molecular weight is 563 g/mol. The molecule has 0 aromatic carbocycles. The second-order valence-electron chi connectivity index (χ2n) is 9.19. The quantitative estimate of drug-likeness (QED) is 0.175. The number of phosphoric ester groups is 1. The van der Waals surface area contributed by atoms with Crippen molar-refractivity contribution in [1.82, 2.24) is 34.1 Å². The van der Waals surface area contributed by atoms with Crippen molar-refractivity contribution in [2.24, 2.45) is 0 Å². The van der Waals surface area contributed by atoms with Gasteiger partial charge in [-0.3, -0.25) is 13.6 Å². The normalized spacial score (nSPS) is 28.9. The molecule has 2 saturated heterocycles. The molecule has 4 aromatic heterocycles. The smallest absolute Gasteiger partial charge is 0.394 e. The molecule has 1 unspecified atom stereocenters. The molecule has 18 heteroatoms. The summed E-state index contributed by atoms with van der Waals surface area (Å²) >= 11 is 0. The summed E-state index contributed by atoms with van der Waals surface area (Å²) in [6, 6.07) is 1.73. The summed E-state index contributed by atoms with van der Waals surface area (Å²) in [5.74, 6) is 0.505. The minimum absolute atomic E-state index is 0.121. The Hall–Kier alpha value is -3.28. The molecule has 208 valence electrons. The van der Waals surface area contributed by atoms with Gasteiger partial charge in [-0.25, -0.2) is 29.5 Å². The van der Waals surface area contributed by atoms with Gasteiger partial charge < -0.3 is 40.6 Å². The molecule has 2 aliphatic rings. The van der Waals surface area contributed by atoms with Gasteiger partial charge in [0.1, 0.15) is 60.4 Å². The molecule has 0 bridgehead atoms. The van der Waals surface area contributed by atoms with E-state index in [0.717, 1.165) is 0 Å². The summed E-state index contributed by atoms with van der Waals surface area (Å²) < 4.78 is 38.4. The summed E-state index contributed by atoms with van der Waals surface area (Å²) in [6.07, 6.45) is 0.919. The first-order valence-corrected chi connectivity index (χ1v) is 13.5. The van der Waals surface area contributed by atoms with E-state index in [1.54, 1.807) is 21.4 Å². The first-order chi connectivity index (χ1) is 18.7. The molecule has 0 saturated carbocycles. The summed E-state index contributed by atoms with van der Waals surface area (Å²) in [5.41, 5.74) is 13.0. The van der Waals surface area contributed by atoms with Crippen LogP contribution >= 0.6 is 7.82 Å². The Labute approximate surface area is 219 Å². The van der Waals surface area contributed by atoms with Crippen molar-refractivity contribution in [3.63, 3.8) is 0 Å². The summed E-state index contributed by atoms with van der Waals surface area (Å²) in [4.78, 5) is 30.9. The van der Waals surface area contributed by atoms with Gasteiger partial charge in [0.25, 0.3) is 0 Å². The SMILES string of the molecule is Nc1ncnc2c1ccn2[C@H]1C[C@@H](OP(=O)(O)OC[C@H]2O[C@@H](n3cnc4c(N)ncnc43)C[C@H]2O)[C@@H](CO)O1. The number of aromatic nitrogens is 7. The molecule has 0 aliphatic carbocycles. The zero-order chi connectivity index (χ0) is 27.3. The Morgan fingerprint density at radius 1 is 1.00 bits per heavy atom. The number of nitrogens with zero attached hydrogens (tertiary/aromatic N) is 7. The van der Waals surface area contributed by atoms with Crippen LogP contribution in [0.4, 0.5) is 11.6 Å². The lowest BCUT2D eigenvalue weighted by Gasteiger charge is -2.21. The Morgan fingerprint density at radius 3 is 2.51 bits per heavy atom. The summed E-state index contributed by atoms with van der Waals surface area (Å²) in [7, 11) is -4.65. The lowest BCUT2D eigenvalue weighted by molar-refractivity contribution is -0.0553. The number of aliphatic hydroxyl groups is 2. The fraction of sp³-hybridized carbons (Fsp3) is 0.476. The minimum atomic E-state index is -4.65. The number of hydrogen-bond acceptors (Lipinski definition) is 14. The van der Waals surface area contributed by atoms with Gasteiger partial charge in [-0.2, -0.15) is 0 Å². The van der Waals surface area contributed by atoms with E-state index in [0.29, 0.717) is 28.0 Å². The van der Waals surface area contributed by atoms with Crippen LogP contribution in [0.5, 0.6) is 0 Å².